The largest absolute Gasteiger partial charge is 0.350 e. The zero-order chi connectivity index (χ0) is 29.2. The van der Waals surface area contributed by atoms with E-state index in [1.807, 2.05) is 48.7 Å². The molecule has 6 rings (SSSR count). The van der Waals surface area contributed by atoms with Crippen LogP contribution in [0.3, 0.4) is 0 Å². The number of hydrogen-bond acceptors (Lipinski definition) is 5. The SMILES string of the molecule is Cc1ccccc1-n1nc(-c2cccs2)c2c1N(CC(=O)NCc1ccc(F)cc1)C(=O)CSC2c1ccccc1F. The van der Waals surface area contributed by atoms with Crippen molar-refractivity contribution >= 4 is 40.7 Å². The molecule has 10 heteroatoms. The Morgan fingerprint density at radius 2 is 1.76 bits per heavy atom. The number of carbonyl (C=O) groups is 2. The number of fused-ring (bicyclic) bond motifs is 1. The second-order valence-electron chi connectivity index (χ2n) is 9.86. The highest BCUT2D eigenvalue weighted by atomic mass is 32.2. The van der Waals surface area contributed by atoms with Gasteiger partial charge in [-0.1, -0.05) is 54.6 Å². The highest BCUT2D eigenvalue weighted by Crippen LogP contribution is 2.49. The summed E-state index contributed by atoms with van der Waals surface area (Å²) in [6.07, 6.45) is 0. The van der Waals surface area contributed by atoms with Gasteiger partial charge in [0.1, 0.15) is 29.7 Å². The molecule has 0 aliphatic carbocycles. The van der Waals surface area contributed by atoms with Gasteiger partial charge in [0.2, 0.25) is 11.8 Å². The fourth-order valence-electron chi connectivity index (χ4n) is 5.02. The number of amides is 2. The average molecular weight is 601 g/mol. The van der Waals surface area contributed by atoms with Gasteiger partial charge >= 0.3 is 0 Å². The van der Waals surface area contributed by atoms with Crippen LogP contribution in [0.1, 0.15) is 27.5 Å². The molecule has 0 bridgehead atoms. The van der Waals surface area contributed by atoms with E-state index in [0.717, 1.165) is 21.7 Å². The average Bonchev–Trinajstić information content (AvgIpc) is 3.63. The van der Waals surface area contributed by atoms with Crippen molar-refractivity contribution in [3.05, 3.63) is 124 Å². The predicted molar refractivity (Wildman–Crippen MR) is 163 cm³/mol. The maximum atomic E-state index is 15.3. The van der Waals surface area contributed by atoms with Crippen LogP contribution in [-0.2, 0) is 16.1 Å². The van der Waals surface area contributed by atoms with E-state index in [0.29, 0.717) is 22.6 Å². The van der Waals surface area contributed by atoms with Gasteiger partial charge in [-0.3, -0.25) is 14.5 Å². The lowest BCUT2D eigenvalue weighted by atomic mass is 10.0. The molecule has 42 heavy (non-hydrogen) atoms. The molecule has 1 aliphatic rings. The fourth-order valence-corrected chi connectivity index (χ4v) is 6.96. The van der Waals surface area contributed by atoms with Crippen LogP contribution >= 0.6 is 23.1 Å². The molecule has 0 spiro atoms. The van der Waals surface area contributed by atoms with Crippen molar-refractivity contribution in [3.8, 4) is 16.3 Å². The molecule has 2 aromatic heterocycles. The number of aromatic nitrogens is 2. The molecule has 0 radical (unpaired) electrons. The lowest BCUT2D eigenvalue weighted by molar-refractivity contribution is -0.123. The van der Waals surface area contributed by atoms with E-state index in [1.165, 1.54) is 46.2 Å². The van der Waals surface area contributed by atoms with E-state index in [9.17, 15) is 14.0 Å². The summed E-state index contributed by atoms with van der Waals surface area (Å²) < 4.78 is 30.4. The molecule has 2 amide bonds. The molecule has 1 atom stereocenters. The number of para-hydroxylation sites is 1. The third kappa shape index (κ3) is 5.47. The van der Waals surface area contributed by atoms with Crippen LogP contribution in [0.2, 0.25) is 0 Å². The Balaban J connectivity index is 1.50. The van der Waals surface area contributed by atoms with E-state index in [-0.39, 0.29) is 42.3 Å². The smallest absolute Gasteiger partial charge is 0.240 e. The Hall–Kier alpha value is -4.28. The lowest BCUT2D eigenvalue weighted by Crippen LogP contribution is -2.42. The molecule has 212 valence electrons. The van der Waals surface area contributed by atoms with Crippen molar-refractivity contribution in [2.75, 3.05) is 17.2 Å². The van der Waals surface area contributed by atoms with E-state index in [2.05, 4.69) is 5.32 Å². The summed E-state index contributed by atoms with van der Waals surface area (Å²) in [5.41, 5.74) is 4.16. The Morgan fingerprint density at radius 1 is 1.00 bits per heavy atom. The number of nitrogens with one attached hydrogen (secondary N) is 1. The number of benzene rings is 3. The van der Waals surface area contributed by atoms with E-state index >= 15 is 4.39 Å². The second-order valence-corrected chi connectivity index (χ2v) is 11.9. The summed E-state index contributed by atoms with van der Waals surface area (Å²) >= 11 is 2.83. The minimum atomic E-state index is -0.549. The zero-order valence-corrected chi connectivity index (χ0v) is 24.2. The van der Waals surface area contributed by atoms with Crippen molar-refractivity contribution in [3.63, 3.8) is 0 Å². The monoisotopic (exact) mass is 600 g/mol. The molecule has 0 saturated carbocycles. The molecule has 3 aromatic carbocycles. The van der Waals surface area contributed by atoms with Crippen LogP contribution in [0.15, 0.2) is 90.3 Å². The summed E-state index contributed by atoms with van der Waals surface area (Å²) in [7, 11) is 0. The Kier molecular flexibility index (Phi) is 7.90. The minimum absolute atomic E-state index is 0.0383. The van der Waals surface area contributed by atoms with Gasteiger partial charge < -0.3 is 5.32 Å². The first-order valence-electron chi connectivity index (χ1n) is 13.3. The Morgan fingerprint density at radius 3 is 2.50 bits per heavy atom. The van der Waals surface area contributed by atoms with Crippen LogP contribution in [0.5, 0.6) is 0 Å². The molecule has 5 aromatic rings. The van der Waals surface area contributed by atoms with Crippen LogP contribution in [0.4, 0.5) is 14.6 Å². The van der Waals surface area contributed by atoms with Crippen molar-refractivity contribution in [2.24, 2.45) is 0 Å². The number of hydrogen-bond donors (Lipinski definition) is 1. The third-order valence-electron chi connectivity index (χ3n) is 7.08. The maximum absolute atomic E-state index is 15.3. The van der Waals surface area contributed by atoms with Crippen molar-refractivity contribution in [1.82, 2.24) is 15.1 Å². The number of aryl methyl sites for hydroxylation is 1. The number of anilines is 1. The number of halogens is 2. The van der Waals surface area contributed by atoms with Crippen LogP contribution in [0, 0.1) is 18.6 Å². The first-order valence-corrected chi connectivity index (χ1v) is 15.2. The molecule has 6 nitrogen and oxygen atoms in total. The Bertz CT molecular complexity index is 1750. The normalized spacial score (nSPS) is 14.9. The molecular weight excluding hydrogens is 575 g/mol. The number of thioether (sulfide) groups is 1. The highest BCUT2D eigenvalue weighted by molar-refractivity contribution is 8.00. The van der Waals surface area contributed by atoms with Crippen molar-refractivity contribution < 1.29 is 18.4 Å². The molecule has 3 heterocycles. The van der Waals surface area contributed by atoms with Gasteiger partial charge in [-0.25, -0.2) is 13.5 Å². The van der Waals surface area contributed by atoms with Crippen molar-refractivity contribution in [1.29, 1.82) is 0 Å². The standard InChI is InChI=1S/C32H26F2N4O2S2/c1-20-7-2-5-10-25(20)38-32-29(30(36-38)26-11-6-16-41-26)31(23-8-3-4-9-24(23)34)42-19-28(40)37(32)18-27(39)35-17-21-12-14-22(33)15-13-21/h2-16,31H,17-19H2,1H3,(H,35,39). The summed E-state index contributed by atoms with van der Waals surface area (Å²) in [4.78, 5) is 29.4. The van der Waals surface area contributed by atoms with E-state index < -0.39 is 5.25 Å². The van der Waals surface area contributed by atoms with Gasteiger partial charge in [0.05, 0.1) is 21.6 Å². The maximum Gasteiger partial charge on any atom is 0.240 e. The molecule has 1 aliphatic heterocycles. The first kappa shape index (κ1) is 27.9. The van der Waals surface area contributed by atoms with Gasteiger partial charge in [0.25, 0.3) is 0 Å². The summed E-state index contributed by atoms with van der Waals surface area (Å²) in [6, 6.07) is 24.0. The van der Waals surface area contributed by atoms with Gasteiger partial charge in [-0.15, -0.1) is 23.1 Å². The third-order valence-corrected chi connectivity index (χ3v) is 9.19. The van der Waals surface area contributed by atoms with Crippen LogP contribution in [0.25, 0.3) is 16.3 Å². The molecule has 1 unspecified atom stereocenters. The topological polar surface area (TPSA) is 67.2 Å². The minimum Gasteiger partial charge on any atom is -0.350 e. The predicted octanol–water partition coefficient (Wildman–Crippen LogP) is 6.67. The van der Waals surface area contributed by atoms with Gasteiger partial charge in [-0.05, 0) is 53.8 Å². The molecule has 0 fully saturated rings. The quantitative estimate of drug-likeness (QED) is 0.227. The van der Waals surface area contributed by atoms with Gasteiger partial charge in [0, 0.05) is 17.7 Å². The van der Waals surface area contributed by atoms with E-state index in [1.54, 1.807) is 35.0 Å². The highest BCUT2D eigenvalue weighted by Gasteiger charge is 2.38. The summed E-state index contributed by atoms with van der Waals surface area (Å²) in [5.74, 6) is -0.933. The van der Waals surface area contributed by atoms with E-state index in [4.69, 9.17) is 5.10 Å². The van der Waals surface area contributed by atoms with Crippen LogP contribution < -0.4 is 10.2 Å². The van der Waals surface area contributed by atoms with Crippen molar-refractivity contribution in [2.45, 2.75) is 18.7 Å². The fraction of sp³-hybridized carbons (Fsp3) is 0.156. The number of nitrogens with zero attached hydrogens (tertiary/aromatic N) is 3. The summed E-state index contributed by atoms with van der Waals surface area (Å²) in [5, 5.41) is 9.28. The van der Waals surface area contributed by atoms with Gasteiger partial charge in [-0.2, -0.15) is 5.10 Å². The number of carbonyl (C=O) groups excluding carboxylic acids is 2. The molecular formula is C32H26F2N4O2S2. The number of rotatable bonds is 7. The summed E-state index contributed by atoms with van der Waals surface area (Å²) in [6.45, 7) is 1.87. The van der Waals surface area contributed by atoms with Crippen LogP contribution in [-0.4, -0.2) is 33.9 Å². The first-order chi connectivity index (χ1) is 20.4. The van der Waals surface area contributed by atoms with Gasteiger partial charge in [0.15, 0.2) is 0 Å². The number of thiophene rings is 1. The lowest BCUT2D eigenvalue weighted by Gasteiger charge is -2.23. The Labute approximate surface area is 250 Å². The second kappa shape index (κ2) is 11.9. The molecule has 0 saturated heterocycles. The zero-order valence-electron chi connectivity index (χ0n) is 22.6. The molecule has 1 N–H and O–H groups in total.